The monoisotopic (exact) mass is 384 g/mol. The molecular formula is C15H14BrClN2OS. The molecule has 1 heterocycles. The average Bonchev–Trinajstić information content (AvgIpc) is 2.49. The molecule has 0 saturated heterocycles. The lowest BCUT2D eigenvalue weighted by Gasteiger charge is -2.18. The lowest BCUT2D eigenvalue weighted by Crippen LogP contribution is -2.26. The van der Waals surface area contributed by atoms with E-state index in [1.807, 2.05) is 30.5 Å². The fourth-order valence-corrected chi connectivity index (χ4v) is 2.78. The molecule has 3 nitrogen and oxygen atoms in total. The number of carbonyl (C=O) groups is 1. The summed E-state index contributed by atoms with van der Waals surface area (Å²) in [6.45, 7) is 0.524. The van der Waals surface area contributed by atoms with Gasteiger partial charge >= 0.3 is 0 Å². The number of hydrogen-bond acceptors (Lipinski definition) is 3. The normalized spacial score (nSPS) is 10.5. The quantitative estimate of drug-likeness (QED) is 0.574. The Balaban J connectivity index is 2.13. The molecule has 0 unspecified atom stereocenters. The van der Waals surface area contributed by atoms with Crippen molar-refractivity contribution < 1.29 is 4.79 Å². The van der Waals surface area contributed by atoms with Crippen LogP contribution in [-0.2, 0) is 6.54 Å². The lowest BCUT2D eigenvalue weighted by molar-refractivity contribution is 0.0785. The van der Waals surface area contributed by atoms with Crippen molar-refractivity contribution in [3.63, 3.8) is 0 Å². The molecule has 0 bridgehead atoms. The molecule has 1 aromatic carbocycles. The molecule has 0 atom stereocenters. The Labute approximate surface area is 141 Å². The number of aromatic nitrogens is 1. The first kappa shape index (κ1) is 16.3. The van der Waals surface area contributed by atoms with Crippen LogP contribution in [0.1, 0.15) is 15.9 Å². The molecule has 2 rings (SSSR count). The van der Waals surface area contributed by atoms with Gasteiger partial charge in [0.15, 0.2) is 0 Å². The second kappa shape index (κ2) is 7.29. The predicted octanol–water partition coefficient (Wildman–Crippen LogP) is 4.49. The summed E-state index contributed by atoms with van der Waals surface area (Å²) in [6, 6.07) is 9.83. The van der Waals surface area contributed by atoms with E-state index in [9.17, 15) is 4.79 Å². The number of carbonyl (C=O) groups excluding carboxylic acids is 1. The van der Waals surface area contributed by atoms with Gasteiger partial charge in [0.25, 0.3) is 5.91 Å². The minimum atomic E-state index is -0.150. The zero-order valence-electron chi connectivity index (χ0n) is 11.6. The molecule has 6 heteroatoms. The zero-order valence-corrected chi connectivity index (χ0v) is 14.8. The summed E-state index contributed by atoms with van der Waals surface area (Å²) in [7, 11) is 1.75. The Morgan fingerprint density at radius 1 is 1.38 bits per heavy atom. The highest BCUT2D eigenvalue weighted by atomic mass is 79.9. The molecule has 110 valence electrons. The van der Waals surface area contributed by atoms with Gasteiger partial charge in [-0.15, -0.1) is 11.8 Å². The maximum absolute atomic E-state index is 12.4. The Bertz CT molecular complexity index is 649. The molecule has 0 fully saturated rings. The fourth-order valence-electron chi connectivity index (χ4n) is 1.85. The van der Waals surface area contributed by atoms with E-state index in [4.69, 9.17) is 11.6 Å². The summed E-state index contributed by atoms with van der Waals surface area (Å²) >= 11 is 11.0. The van der Waals surface area contributed by atoms with Crippen molar-refractivity contribution in [3.05, 3.63) is 57.3 Å². The molecular weight excluding hydrogens is 372 g/mol. The van der Waals surface area contributed by atoms with Crippen molar-refractivity contribution in [3.8, 4) is 0 Å². The fraction of sp³-hybridized carbons (Fsp3) is 0.200. The summed E-state index contributed by atoms with van der Waals surface area (Å²) in [4.78, 5) is 19.2. The third-order valence-electron chi connectivity index (χ3n) is 2.96. The Morgan fingerprint density at radius 2 is 2.05 bits per heavy atom. The van der Waals surface area contributed by atoms with Crippen LogP contribution < -0.4 is 0 Å². The van der Waals surface area contributed by atoms with Crippen LogP contribution in [0.4, 0.5) is 0 Å². The van der Waals surface area contributed by atoms with Crippen LogP contribution in [-0.4, -0.2) is 29.1 Å². The Hall–Kier alpha value is -1.04. The Kier molecular flexibility index (Phi) is 5.67. The van der Waals surface area contributed by atoms with E-state index in [1.165, 1.54) is 4.90 Å². The van der Waals surface area contributed by atoms with Crippen LogP contribution in [0, 0.1) is 0 Å². The number of benzene rings is 1. The molecule has 0 spiro atoms. The molecule has 0 aliphatic heterocycles. The summed E-state index contributed by atoms with van der Waals surface area (Å²) in [5, 5.41) is 0.216. The standard InChI is InChI=1S/C15H14BrClN2OS/c1-19(9-10-3-5-12(21-2)6-4-10)15(20)13-7-11(16)8-18-14(13)17/h3-8H,9H2,1-2H3. The maximum atomic E-state index is 12.4. The summed E-state index contributed by atoms with van der Waals surface area (Å²) in [5.74, 6) is -0.150. The number of thioether (sulfide) groups is 1. The van der Waals surface area contributed by atoms with Gasteiger partial charge in [0.2, 0.25) is 0 Å². The van der Waals surface area contributed by atoms with E-state index in [-0.39, 0.29) is 11.1 Å². The molecule has 0 saturated carbocycles. The van der Waals surface area contributed by atoms with Crippen LogP contribution in [0.25, 0.3) is 0 Å². The van der Waals surface area contributed by atoms with Gasteiger partial charge in [-0.2, -0.15) is 0 Å². The van der Waals surface area contributed by atoms with E-state index in [1.54, 1.807) is 36.0 Å². The van der Waals surface area contributed by atoms with Gasteiger partial charge in [-0.05, 0) is 45.9 Å². The molecule has 0 radical (unpaired) electrons. The molecule has 0 aliphatic rings. The van der Waals surface area contributed by atoms with Crippen LogP contribution in [0.15, 0.2) is 45.9 Å². The molecule has 1 aromatic heterocycles. The van der Waals surface area contributed by atoms with Crippen molar-refractivity contribution in [2.24, 2.45) is 0 Å². The van der Waals surface area contributed by atoms with E-state index in [2.05, 4.69) is 20.9 Å². The van der Waals surface area contributed by atoms with Crippen molar-refractivity contribution in [2.45, 2.75) is 11.4 Å². The molecule has 0 aliphatic carbocycles. The first-order valence-electron chi connectivity index (χ1n) is 6.20. The highest BCUT2D eigenvalue weighted by Crippen LogP contribution is 2.21. The highest BCUT2D eigenvalue weighted by Gasteiger charge is 2.16. The minimum Gasteiger partial charge on any atom is -0.337 e. The molecule has 21 heavy (non-hydrogen) atoms. The first-order valence-corrected chi connectivity index (χ1v) is 8.60. The third kappa shape index (κ3) is 4.22. The maximum Gasteiger partial charge on any atom is 0.257 e. The van der Waals surface area contributed by atoms with E-state index in [0.717, 1.165) is 10.0 Å². The van der Waals surface area contributed by atoms with E-state index < -0.39 is 0 Å². The molecule has 2 aromatic rings. The average molecular weight is 386 g/mol. The van der Waals surface area contributed by atoms with Crippen molar-refractivity contribution in [1.82, 2.24) is 9.88 Å². The van der Waals surface area contributed by atoms with Gasteiger partial charge in [-0.1, -0.05) is 23.7 Å². The predicted molar refractivity (Wildman–Crippen MR) is 91.0 cm³/mol. The topological polar surface area (TPSA) is 33.2 Å². The number of amides is 1. The number of hydrogen-bond donors (Lipinski definition) is 0. The van der Waals surface area contributed by atoms with Gasteiger partial charge in [-0.25, -0.2) is 4.98 Å². The van der Waals surface area contributed by atoms with E-state index >= 15 is 0 Å². The van der Waals surface area contributed by atoms with Gasteiger partial charge in [0, 0.05) is 29.2 Å². The minimum absolute atomic E-state index is 0.150. The van der Waals surface area contributed by atoms with Crippen LogP contribution in [0.5, 0.6) is 0 Å². The SMILES string of the molecule is CSc1ccc(CN(C)C(=O)c2cc(Br)cnc2Cl)cc1. The molecule has 1 amide bonds. The van der Waals surface area contributed by atoms with Crippen molar-refractivity contribution in [2.75, 3.05) is 13.3 Å². The lowest BCUT2D eigenvalue weighted by atomic mass is 10.2. The molecule has 0 N–H and O–H groups in total. The van der Waals surface area contributed by atoms with Gasteiger partial charge in [0.05, 0.1) is 5.56 Å². The number of nitrogens with zero attached hydrogens (tertiary/aromatic N) is 2. The third-order valence-corrected chi connectivity index (χ3v) is 4.44. The van der Waals surface area contributed by atoms with Crippen LogP contribution in [0.3, 0.4) is 0 Å². The largest absolute Gasteiger partial charge is 0.337 e. The second-order valence-electron chi connectivity index (χ2n) is 4.50. The van der Waals surface area contributed by atoms with Crippen LogP contribution >= 0.6 is 39.3 Å². The van der Waals surface area contributed by atoms with E-state index in [0.29, 0.717) is 12.1 Å². The first-order chi connectivity index (χ1) is 10.0. The van der Waals surface area contributed by atoms with Gasteiger partial charge in [0.1, 0.15) is 5.15 Å². The van der Waals surface area contributed by atoms with Crippen LogP contribution in [0.2, 0.25) is 5.15 Å². The van der Waals surface area contributed by atoms with Crippen molar-refractivity contribution in [1.29, 1.82) is 0 Å². The van der Waals surface area contributed by atoms with Crippen molar-refractivity contribution >= 4 is 45.2 Å². The zero-order chi connectivity index (χ0) is 15.4. The number of halogens is 2. The second-order valence-corrected chi connectivity index (χ2v) is 6.65. The smallest absolute Gasteiger partial charge is 0.257 e. The number of pyridine rings is 1. The van der Waals surface area contributed by atoms with Gasteiger partial charge in [-0.3, -0.25) is 4.79 Å². The summed E-state index contributed by atoms with van der Waals surface area (Å²) in [5.41, 5.74) is 1.47. The Morgan fingerprint density at radius 3 is 2.67 bits per heavy atom. The van der Waals surface area contributed by atoms with Gasteiger partial charge < -0.3 is 4.90 Å². The summed E-state index contributed by atoms with van der Waals surface area (Å²) < 4.78 is 0.730. The summed E-state index contributed by atoms with van der Waals surface area (Å²) in [6.07, 6.45) is 3.60. The highest BCUT2D eigenvalue weighted by molar-refractivity contribution is 9.10. The number of rotatable bonds is 4.